The Labute approximate surface area is 193 Å². The first-order valence-corrected chi connectivity index (χ1v) is 13.9. The van der Waals surface area contributed by atoms with Gasteiger partial charge in [0.05, 0.1) is 6.61 Å². The van der Waals surface area contributed by atoms with Crippen LogP contribution in [0.2, 0.25) is 0 Å². The van der Waals surface area contributed by atoms with Crippen molar-refractivity contribution in [2.24, 2.45) is 16.6 Å². The molecule has 2 aliphatic heterocycles. The van der Waals surface area contributed by atoms with Gasteiger partial charge in [0.1, 0.15) is 23.4 Å². The number of rotatable bonds is 10. The first-order valence-electron chi connectivity index (χ1n) is 9.34. The van der Waals surface area contributed by atoms with E-state index < -0.39 is 54.2 Å². The van der Waals surface area contributed by atoms with Crippen LogP contribution in [-0.4, -0.2) is 66.1 Å². The maximum absolute atomic E-state index is 15.1. The zero-order valence-corrected chi connectivity index (χ0v) is 20.5. The zero-order valence-electron chi connectivity index (χ0n) is 17.8. The summed E-state index contributed by atoms with van der Waals surface area (Å²) in [5.74, 6) is -0.115. The molecule has 6 atom stereocenters. The summed E-state index contributed by atoms with van der Waals surface area (Å²) in [5.41, 5.74) is 3.43. The molecule has 0 radical (unpaired) electrons. The molecule has 0 aromatic carbocycles. The third-order valence-corrected chi connectivity index (χ3v) is 8.07. The number of aliphatic hydroxyl groups is 1. The van der Waals surface area contributed by atoms with Gasteiger partial charge in [-0.2, -0.15) is 8.62 Å². The van der Waals surface area contributed by atoms with Gasteiger partial charge in [-0.25, -0.2) is 23.1 Å². The normalized spacial score (nSPS) is 31.7. The van der Waals surface area contributed by atoms with E-state index in [-0.39, 0.29) is 17.6 Å². The Morgan fingerprint density at radius 2 is 1.91 bits per heavy atom. The van der Waals surface area contributed by atoms with Crippen LogP contribution in [0, 0.1) is 5.92 Å². The first-order chi connectivity index (χ1) is 15.4. The molecule has 19 heteroatoms. The number of phosphoric ester groups is 1. The lowest BCUT2D eigenvalue weighted by Crippen LogP contribution is -2.44. The van der Waals surface area contributed by atoms with Crippen molar-refractivity contribution in [1.29, 1.82) is 0 Å². The predicted octanol–water partition coefficient (Wildman–Crippen LogP) is 0.994. The second kappa shape index (κ2) is 10.4. The van der Waals surface area contributed by atoms with E-state index in [9.17, 15) is 28.6 Å². The molecule has 7 N–H and O–H groups in total. The summed E-state index contributed by atoms with van der Waals surface area (Å²) in [4.78, 5) is 41.2. The lowest BCUT2D eigenvalue weighted by molar-refractivity contribution is -0.104. The number of alkyl halides is 1. The molecule has 0 aliphatic carbocycles. The number of nitrogens with two attached hydrogens (primary N) is 1. The van der Waals surface area contributed by atoms with Crippen LogP contribution in [0.15, 0.2) is 41.8 Å². The maximum atomic E-state index is 15.1. The summed E-state index contributed by atoms with van der Waals surface area (Å²) in [6.45, 7) is 5.97. The van der Waals surface area contributed by atoms with Crippen molar-refractivity contribution >= 4 is 29.3 Å². The molecule has 0 aromatic heterocycles. The van der Waals surface area contributed by atoms with Gasteiger partial charge in [-0.1, -0.05) is 32.6 Å². The molecule has 34 heavy (non-hydrogen) atoms. The Balaban J connectivity index is 2.28. The highest BCUT2D eigenvalue weighted by Gasteiger charge is 2.57. The van der Waals surface area contributed by atoms with E-state index in [2.05, 4.69) is 24.7 Å². The van der Waals surface area contributed by atoms with Gasteiger partial charge in [0.25, 0.3) is 0 Å². The number of hydrogen-bond acceptors (Lipinski definition) is 11. The molecule has 0 amide bonds. The Kier molecular flexibility index (Phi) is 8.86. The van der Waals surface area contributed by atoms with Gasteiger partial charge >= 0.3 is 23.5 Å². The van der Waals surface area contributed by atoms with Crippen molar-refractivity contribution in [2.45, 2.75) is 38.0 Å². The number of halogens is 1. The fourth-order valence-electron chi connectivity index (χ4n) is 2.86. The average Bonchev–Trinajstić information content (AvgIpc) is 2.88. The highest BCUT2D eigenvalue weighted by molar-refractivity contribution is 7.66. The Bertz CT molecular complexity index is 1030. The third-order valence-electron chi connectivity index (χ3n) is 4.28. The minimum atomic E-state index is -5.78. The second-order valence-corrected chi connectivity index (χ2v) is 11.9. The van der Waals surface area contributed by atoms with E-state index in [4.69, 9.17) is 20.3 Å². The monoisotopic (exact) mass is 551 g/mol. The molecule has 2 heterocycles. The van der Waals surface area contributed by atoms with Gasteiger partial charge in [-0.15, -0.1) is 0 Å². The van der Waals surface area contributed by atoms with Crippen molar-refractivity contribution in [2.75, 3.05) is 6.61 Å². The average molecular weight is 551 g/mol. The van der Waals surface area contributed by atoms with Crippen LogP contribution in [0.1, 0.15) is 13.8 Å². The van der Waals surface area contributed by atoms with Crippen molar-refractivity contribution in [3.63, 3.8) is 0 Å². The summed E-state index contributed by atoms with van der Waals surface area (Å²) in [6, 6.07) is 0. The predicted molar refractivity (Wildman–Crippen MR) is 114 cm³/mol. The van der Waals surface area contributed by atoms with Crippen LogP contribution < -0.4 is 5.73 Å². The quantitative estimate of drug-likeness (QED) is 0.164. The van der Waals surface area contributed by atoms with E-state index >= 15 is 4.39 Å². The number of aliphatic imine (C=N–C) groups is 1. The van der Waals surface area contributed by atoms with Crippen molar-refractivity contribution in [1.82, 2.24) is 4.90 Å². The summed E-state index contributed by atoms with van der Waals surface area (Å²) in [7, 11) is -16.9. The molecule has 2 rings (SSSR count). The van der Waals surface area contributed by atoms with Crippen LogP contribution in [0.3, 0.4) is 0 Å². The van der Waals surface area contributed by atoms with Gasteiger partial charge in [-0.05, 0) is 12.0 Å². The first kappa shape index (κ1) is 29.0. The molecule has 2 unspecified atom stereocenters. The number of allylic oxidation sites excluding steroid dienone is 1. The lowest BCUT2D eigenvalue weighted by Gasteiger charge is -2.32. The topological polar surface area (TPSA) is 231 Å². The third kappa shape index (κ3) is 7.62. The molecule has 2 aliphatic rings. The summed E-state index contributed by atoms with van der Waals surface area (Å²) < 4.78 is 67.1. The number of phosphoric acid groups is 3. The van der Waals surface area contributed by atoms with Crippen LogP contribution in [-0.2, 0) is 31.6 Å². The van der Waals surface area contributed by atoms with Gasteiger partial charge < -0.3 is 40.1 Å². The number of hydrogen-bond donors (Lipinski definition) is 6. The number of amidine groups is 1. The summed E-state index contributed by atoms with van der Waals surface area (Å²) >= 11 is 0. The van der Waals surface area contributed by atoms with E-state index in [1.807, 2.05) is 0 Å². The Morgan fingerprint density at radius 1 is 1.29 bits per heavy atom. The van der Waals surface area contributed by atoms with Crippen molar-refractivity contribution in [3.8, 4) is 0 Å². The molecule has 1 fully saturated rings. The van der Waals surface area contributed by atoms with Crippen LogP contribution >= 0.6 is 23.5 Å². The van der Waals surface area contributed by atoms with Crippen molar-refractivity contribution in [3.05, 3.63) is 36.8 Å². The Hall–Kier alpha value is -1.25. The molecule has 1 saturated heterocycles. The van der Waals surface area contributed by atoms with E-state index in [1.54, 1.807) is 13.8 Å². The van der Waals surface area contributed by atoms with Gasteiger partial charge in [0, 0.05) is 6.20 Å². The minimum absolute atomic E-state index is 0.0311. The molecular weight excluding hydrogens is 526 g/mol. The van der Waals surface area contributed by atoms with Crippen LogP contribution in [0.4, 0.5) is 4.39 Å². The smallest absolute Gasteiger partial charge is 0.386 e. The van der Waals surface area contributed by atoms with Gasteiger partial charge in [-0.3, -0.25) is 4.52 Å². The number of ether oxygens (including phenoxy) is 1. The standard InChI is InChI=1S/C15H25FN3O12P3/c1-9(2)4-6-15(8-28-33(24,25)31-34(26,27)30-32(21,22)23)13(20)12(16)14(29-15)19-7-5-11(17)18-10(19)3/h4-7,9,12-14,20H,3,8H2,1-2H3,(H2,17,18)(H,24,25)(H,26,27)(H2,21,22,23)/b6-4+/t12-,13+,14-,15-/m1/s1. The molecule has 0 aromatic rings. The number of nitrogens with zero attached hydrogens (tertiary/aromatic N) is 2. The van der Waals surface area contributed by atoms with E-state index in [0.717, 1.165) is 4.90 Å². The molecular formula is C15H25FN3O12P3. The largest absolute Gasteiger partial charge is 0.490 e. The Morgan fingerprint density at radius 3 is 2.44 bits per heavy atom. The zero-order chi connectivity index (χ0) is 26.1. The molecule has 194 valence electrons. The lowest BCUT2D eigenvalue weighted by atomic mass is 9.94. The highest BCUT2D eigenvalue weighted by atomic mass is 31.3. The maximum Gasteiger partial charge on any atom is 0.490 e. The number of aliphatic hydroxyl groups excluding tert-OH is 1. The molecule has 0 spiro atoms. The fraction of sp³-hybridized carbons (Fsp3) is 0.533. The second-order valence-electron chi connectivity index (χ2n) is 7.50. The van der Waals surface area contributed by atoms with Crippen LogP contribution in [0.5, 0.6) is 0 Å². The summed E-state index contributed by atoms with van der Waals surface area (Å²) in [6.07, 6.45) is -0.436. The SMILES string of the molecule is C=C1N=C(N)C=CN1[C@@H]1O[C@](/C=C/C(C)C)(COP(=O)(O)OP(=O)(O)OP(=O)(O)O)[C@@H](O)[C@H]1F. The highest BCUT2D eigenvalue weighted by Crippen LogP contribution is 2.66. The molecule has 0 bridgehead atoms. The molecule has 0 saturated carbocycles. The van der Waals surface area contributed by atoms with Crippen molar-refractivity contribution < 1.29 is 60.6 Å². The summed E-state index contributed by atoms with van der Waals surface area (Å²) in [5, 5.41) is 10.6. The van der Waals surface area contributed by atoms with E-state index in [1.165, 1.54) is 24.4 Å². The molecule has 15 nitrogen and oxygen atoms in total. The van der Waals surface area contributed by atoms with Crippen LogP contribution in [0.25, 0.3) is 0 Å². The van der Waals surface area contributed by atoms with Gasteiger partial charge in [0.15, 0.2) is 12.4 Å². The fourth-order valence-corrected chi connectivity index (χ4v) is 5.92. The minimum Gasteiger partial charge on any atom is -0.386 e. The van der Waals surface area contributed by atoms with Gasteiger partial charge in [0.2, 0.25) is 0 Å². The van der Waals surface area contributed by atoms with E-state index in [0.29, 0.717) is 0 Å².